The van der Waals surface area contributed by atoms with Gasteiger partial charge in [0.25, 0.3) is 5.91 Å². The lowest BCUT2D eigenvalue weighted by molar-refractivity contribution is -0.149. The minimum Gasteiger partial charge on any atom is -0.481 e. The molecule has 1 aliphatic heterocycles. The highest BCUT2D eigenvalue weighted by Crippen LogP contribution is 2.26. The molecule has 5 nitrogen and oxygen atoms in total. The van der Waals surface area contributed by atoms with Gasteiger partial charge < -0.3 is 15.7 Å². The Morgan fingerprint density at radius 2 is 2.05 bits per heavy atom. The van der Waals surface area contributed by atoms with E-state index in [1.54, 1.807) is 6.07 Å². The number of nitrogens with one attached hydrogen (secondary N) is 2. The maximum absolute atomic E-state index is 12.2. The molecule has 21 heavy (non-hydrogen) atoms. The van der Waals surface area contributed by atoms with Crippen LogP contribution in [0.5, 0.6) is 0 Å². The first-order valence-electron chi connectivity index (χ1n) is 7.41. The van der Waals surface area contributed by atoms with Crippen LogP contribution in [0.15, 0.2) is 18.2 Å². The Kier molecular flexibility index (Phi) is 4.50. The maximum atomic E-state index is 12.2. The molecule has 114 valence electrons. The summed E-state index contributed by atoms with van der Waals surface area (Å²) in [5.74, 6) is -1.07. The van der Waals surface area contributed by atoms with Crippen LogP contribution in [-0.2, 0) is 11.2 Å². The van der Waals surface area contributed by atoms with Crippen molar-refractivity contribution in [3.05, 3.63) is 29.3 Å². The number of rotatable bonds is 6. The van der Waals surface area contributed by atoms with Crippen molar-refractivity contribution in [1.29, 1.82) is 0 Å². The van der Waals surface area contributed by atoms with Gasteiger partial charge in [-0.3, -0.25) is 9.59 Å². The SMILES string of the molecule is CCC(CC)(CNC(=O)c1ccc2c(c1)CCN2)C(=O)O. The van der Waals surface area contributed by atoms with E-state index >= 15 is 0 Å². The summed E-state index contributed by atoms with van der Waals surface area (Å²) in [6.45, 7) is 4.73. The average molecular weight is 290 g/mol. The number of fused-ring (bicyclic) bond motifs is 1. The monoisotopic (exact) mass is 290 g/mol. The van der Waals surface area contributed by atoms with E-state index in [0.717, 1.165) is 24.2 Å². The molecule has 1 amide bonds. The molecule has 1 aliphatic rings. The van der Waals surface area contributed by atoms with E-state index in [2.05, 4.69) is 10.6 Å². The smallest absolute Gasteiger partial charge is 0.311 e. The van der Waals surface area contributed by atoms with Crippen molar-refractivity contribution in [2.75, 3.05) is 18.4 Å². The fourth-order valence-electron chi connectivity index (χ4n) is 2.68. The molecular formula is C16H22N2O3. The van der Waals surface area contributed by atoms with Crippen molar-refractivity contribution in [2.45, 2.75) is 33.1 Å². The highest BCUT2D eigenvalue weighted by Gasteiger charge is 2.35. The molecule has 0 bridgehead atoms. The van der Waals surface area contributed by atoms with Crippen molar-refractivity contribution in [3.8, 4) is 0 Å². The van der Waals surface area contributed by atoms with E-state index in [9.17, 15) is 14.7 Å². The molecule has 0 aliphatic carbocycles. The van der Waals surface area contributed by atoms with Gasteiger partial charge in [-0.05, 0) is 43.0 Å². The zero-order valence-corrected chi connectivity index (χ0v) is 12.5. The summed E-state index contributed by atoms with van der Waals surface area (Å²) >= 11 is 0. The first-order valence-corrected chi connectivity index (χ1v) is 7.41. The fraction of sp³-hybridized carbons (Fsp3) is 0.500. The van der Waals surface area contributed by atoms with Crippen LogP contribution in [0.1, 0.15) is 42.6 Å². The number of amides is 1. The van der Waals surface area contributed by atoms with Crippen molar-refractivity contribution in [1.82, 2.24) is 5.32 Å². The zero-order chi connectivity index (χ0) is 15.5. The van der Waals surface area contributed by atoms with Crippen LogP contribution in [0.4, 0.5) is 5.69 Å². The van der Waals surface area contributed by atoms with E-state index in [4.69, 9.17) is 0 Å². The standard InChI is InChI=1S/C16H22N2O3/c1-3-16(4-2,15(20)21)10-18-14(19)12-5-6-13-11(9-12)7-8-17-13/h5-6,9,17H,3-4,7-8,10H2,1-2H3,(H,18,19)(H,20,21). The molecule has 0 aromatic heterocycles. The second-order valence-electron chi connectivity index (χ2n) is 5.52. The van der Waals surface area contributed by atoms with Crippen molar-refractivity contribution >= 4 is 17.6 Å². The molecule has 2 rings (SSSR count). The molecule has 0 saturated heterocycles. The Balaban J connectivity index is 2.06. The number of aliphatic carboxylic acids is 1. The lowest BCUT2D eigenvalue weighted by Gasteiger charge is -2.26. The van der Waals surface area contributed by atoms with Gasteiger partial charge in [0.15, 0.2) is 0 Å². The summed E-state index contributed by atoms with van der Waals surface area (Å²) in [5, 5.41) is 15.4. The van der Waals surface area contributed by atoms with Gasteiger partial charge in [0.2, 0.25) is 0 Å². The summed E-state index contributed by atoms with van der Waals surface area (Å²) in [5.41, 5.74) is 1.92. The summed E-state index contributed by atoms with van der Waals surface area (Å²) in [7, 11) is 0. The number of anilines is 1. The quantitative estimate of drug-likeness (QED) is 0.751. The van der Waals surface area contributed by atoms with Gasteiger partial charge in [-0.15, -0.1) is 0 Å². The van der Waals surface area contributed by atoms with E-state index in [1.807, 2.05) is 26.0 Å². The molecule has 0 unspecified atom stereocenters. The number of carbonyl (C=O) groups is 2. The maximum Gasteiger partial charge on any atom is 0.311 e. The first-order chi connectivity index (χ1) is 10.0. The third-order valence-corrected chi connectivity index (χ3v) is 4.47. The van der Waals surface area contributed by atoms with Crippen LogP contribution >= 0.6 is 0 Å². The van der Waals surface area contributed by atoms with Crippen LogP contribution in [0.3, 0.4) is 0 Å². The molecule has 0 saturated carbocycles. The van der Waals surface area contributed by atoms with Gasteiger partial charge in [0.1, 0.15) is 0 Å². The van der Waals surface area contributed by atoms with E-state index in [-0.39, 0.29) is 12.5 Å². The number of hydrogen-bond acceptors (Lipinski definition) is 3. The molecule has 0 fully saturated rings. The van der Waals surface area contributed by atoms with Gasteiger partial charge >= 0.3 is 5.97 Å². The Hall–Kier alpha value is -2.04. The van der Waals surface area contributed by atoms with Gasteiger partial charge in [-0.25, -0.2) is 0 Å². The zero-order valence-electron chi connectivity index (χ0n) is 12.5. The minimum atomic E-state index is -0.881. The predicted octanol–water partition coefficient (Wildman–Crippen LogP) is 2.28. The van der Waals surface area contributed by atoms with Crippen LogP contribution in [-0.4, -0.2) is 30.1 Å². The summed E-state index contributed by atoms with van der Waals surface area (Å²) in [4.78, 5) is 23.6. The third kappa shape index (κ3) is 3.01. The molecular weight excluding hydrogens is 268 g/mol. The van der Waals surface area contributed by atoms with Crippen LogP contribution < -0.4 is 10.6 Å². The normalized spacial score (nSPS) is 13.4. The number of carboxylic acids is 1. The van der Waals surface area contributed by atoms with Crippen molar-refractivity contribution in [2.24, 2.45) is 5.41 Å². The molecule has 5 heteroatoms. The Morgan fingerprint density at radius 1 is 1.33 bits per heavy atom. The minimum absolute atomic E-state index is 0.156. The van der Waals surface area contributed by atoms with E-state index in [1.165, 1.54) is 0 Å². The van der Waals surface area contributed by atoms with Gasteiger partial charge in [-0.1, -0.05) is 13.8 Å². The van der Waals surface area contributed by atoms with Crippen LogP contribution in [0, 0.1) is 5.41 Å². The summed E-state index contributed by atoms with van der Waals surface area (Å²) < 4.78 is 0. The largest absolute Gasteiger partial charge is 0.481 e. The highest BCUT2D eigenvalue weighted by molar-refractivity contribution is 5.95. The predicted molar refractivity (Wildman–Crippen MR) is 81.6 cm³/mol. The molecule has 1 aromatic rings. The second-order valence-corrected chi connectivity index (χ2v) is 5.52. The average Bonchev–Trinajstić information content (AvgIpc) is 2.95. The fourth-order valence-corrected chi connectivity index (χ4v) is 2.68. The molecule has 3 N–H and O–H groups in total. The molecule has 0 spiro atoms. The van der Waals surface area contributed by atoms with Gasteiger partial charge in [0.05, 0.1) is 5.41 Å². The Morgan fingerprint density at radius 3 is 2.67 bits per heavy atom. The molecule has 0 atom stereocenters. The summed E-state index contributed by atoms with van der Waals surface area (Å²) in [6, 6.07) is 5.55. The second kappa shape index (κ2) is 6.16. The first kappa shape index (κ1) is 15.4. The molecule has 0 radical (unpaired) electrons. The lowest BCUT2D eigenvalue weighted by Crippen LogP contribution is -2.42. The number of hydrogen-bond donors (Lipinski definition) is 3. The van der Waals surface area contributed by atoms with Crippen molar-refractivity contribution < 1.29 is 14.7 Å². The highest BCUT2D eigenvalue weighted by atomic mass is 16.4. The molecule has 1 heterocycles. The van der Waals surface area contributed by atoms with E-state index in [0.29, 0.717) is 18.4 Å². The third-order valence-electron chi connectivity index (χ3n) is 4.47. The Labute approximate surface area is 124 Å². The lowest BCUT2D eigenvalue weighted by atomic mass is 9.82. The topological polar surface area (TPSA) is 78.4 Å². The number of benzene rings is 1. The summed E-state index contributed by atoms with van der Waals surface area (Å²) in [6.07, 6.45) is 1.90. The Bertz CT molecular complexity index is 550. The van der Waals surface area contributed by atoms with Crippen LogP contribution in [0.2, 0.25) is 0 Å². The molecule has 1 aromatic carbocycles. The number of carboxylic acid groups (broad SMARTS) is 1. The number of carbonyl (C=O) groups excluding carboxylic acids is 1. The van der Waals surface area contributed by atoms with Crippen molar-refractivity contribution in [3.63, 3.8) is 0 Å². The van der Waals surface area contributed by atoms with Gasteiger partial charge in [0, 0.05) is 24.3 Å². The van der Waals surface area contributed by atoms with Crippen LogP contribution in [0.25, 0.3) is 0 Å². The van der Waals surface area contributed by atoms with E-state index < -0.39 is 11.4 Å². The van der Waals surface area contributed by atoms with Gasteiger partial charge in [-0.2, -0.15) is 0 Å².